The van der Waals surface area contributed by atoms with E-state index in [9.17, 15) is 23.1 Å². The summed E-state index contributed by atoms with van der Waals surface area (Å²) >= 11 is 5.88. The number of alkyl halides is 3. The van der Waals surface area contributed by atoms with Gasteiger partial charge in [0.1, 0.15) is 0 Å². The molecule has 2 aromatic rings. The fourth-order valence-electron chi connectivity index (χ4n) is 1.94. The lowest BCUT2D eigenvalue weighted by Crippen LogP contribution is -2.28. The van der Waals surface area contributed by atoms with Gasteiger partial charge in [-0.1, -0.05) is 35.9 Å². The Labute approximate surface area is 135 Å². The van der Waals surface area contributed by atoms with Gasteiger partial charge in [-0.05, 0) is 29.8 Å². The molecule has 0 heterocycles. The summed E-state index contributed by atoms with van der Waals surface area (Å²) in [5, 5.41) is 12.7. The molecule has 2 rings (SSSR count). The number of benzene rings is 2. The Hall–Kier alpha value is -2.05. The molecular weight excluding hydrogens is 331 g/mol. The van der Waals surface area contributed by atoms with Crippen LogP contribution in [0.3, 0.4) is 0 Å². The Morgan fingerprint density at radius 1 is 1.13 bits per heavy atom. The molecule has 0 radical (unpaired) electrons. The number of carbonyl (C=O) groups is 1. The monoisotopic (exact) mass is 343 g/mol. The van der Waals surface area contributed by atoms with Crippen molar-refractivity contribution in [2.24, 2.45) is 0 Å². The molecule has 2 aromatic carbocycles. The van der Waals surface area contributed by atoms with Crippen LogP contribution in [0.25, 0.3) is 0 Å². The Kier molecular flexibility index (Phi) is 5.28. The first kappa shape index (κ1) is 17.3. The molecule has 23 heavy (non-hydrogen) atoms. The Balaban J connectivity index is 1.98. The van der Waals surface area contributed by atoms with Crippen LogP contribution in [0.4, 0.5) is 13.2 Å². The molecule has 7 heteroatoms. The summed E-state index contributed by atoms with van der Waals surface area (Å²) in [6, 6.07) is 10.5. The van der Waals surface area contributed by atoms with E-state index in [-0.39, 0.29) is 22.7 Å². The number of amides is 1. The molecule has 0 unspecified atom stereocenters. The van der Waals surface area contributed by atoms with Crippen LogP contribution in [0.1, 0.15) is 27.6 Å². The second kappa shape index (κ2) is 7.02. The molecule has 0 aromatic heterocycles. The molecule has 0 aliphatic heterocycles. The molecule has 1 atom stereocenters. The zero-order valence-electron chi connectivity index (χ0n) is 11.8. The van der Waals surface area contributed by atoms with Gasteiger partial charge >= 0.3 is 6.18 Å². The molecule has 0 aliphatic carbocycles. The van der Waals surface area contributed by atoms with E-state index < -0.39 is 23.8 Å². The minimum Gasteiger partial charge on any atom is -0.387 e. The predicted molar refractivity (Wildman–Crippen MR) is 80.2 cm³/mol. The minimum absolute atomic E-state index is 0.143. The Bertz CT molecular complexity index is 686. The quantitative estimate of drug-likeness (QED) is 0.886. The number of rotatable bonds is 4. The third-order valence-electron chi connectivity index (χ3n) is 3.20. The first-order valence-corrected chi connectivity index (χ1v) is 7.05. The van der Waals surface area contributed by atoms with Crippen LogP contribution in [0.5, 0.6) is 0 Å². The average molecular weight is 344 g/mol. The van der Waals surface area contributed by atoms with Gasteiger partial charge < -0.3 is 10.4 Å². The van der Waals surface area contributed by atoms with E-state index in [1.54, 1.807) is 18.2 Å². The lowest BCUT2D eigenvalue weighted by atomic mass is 10.1. The number of carbonyl (C=O) groups excluding carboxylic acids is 1. The van der Waals surface area contributed by atoms with Gasteiger partial charge in [-0.25, -0.2) is 0 Å². The zero-order valence-corrected chi connectivity index (χ0v) is 12.5. The van der Waals surface area contributed by atoms with Gasteiger partial charge in [0.15, 0.2) is 0 Å². The second-order valence-corrected chi connectivity index (χ2v) is 5.23. The third-order valence-corrected chi connectivity index (χ3v) is 3.53. The maximum atomic E-state index is 12.5. The molecule has 0 aliphatic rings. The Morgan fingerprint density at radius 3 is 2.30 bits per heavy atom. The van der Waals surface area contributed by atoms with Crippen LogP contribution in [0, 0.1) is 0 Å². The molecule has 0 spiro atoms. The van der Waals surface area contributed by atoms with Crippen molar-refractivity contribution in [1.29, 1.82) is 0 Å². The molecule has 0 saturated heterocycles. The second-order valence-electron chi connectivity index (χ2n) is 4.83. The maximum absolute atomic E-state index is 12.5. The summed E-state index contributed by atoms with van der Waals surface area (Å²) in [6.45, 7) is -0.143. The molecule has 122 valence electrons. The smallest absolute Gasteiger partial charge is 0.387 e. The lowest BCUT2D eigenvalue weighted by Gasteiger charge is -2.14. The molecule has 2 N–H and O–H groups in total. The van der Waals surface area contributed by atoms with Crippen molar-refractivity contribution in [2.75, 3.05) is 6.54 Å². The SMILES string of the molecule is O=C(NC[C@H](O)c1ccc(C(F)(F)F)cc1)c1ccccc1Cl. The van der Waals surface area contributed by atoms with Crippen molar-refractivity contribution in [3.05, 3.63) is 70.2 Å². The van der Waals surface area contributed by atoms with Crippen LogP contribution in [0.15, 0.2) is 48.5 Å². The fourth-order valence-corrected chi connectivity index (χ4v) is 2.16. The van der Waals surface area contributed by atoms with Crippen LogP contribution >= 0.6 is 11.6 Å². The highest BCUT2D eigenvalue weighted by Gasteiger charge is 2.30. The van der Waals surface area contributed by atoms with Gasteiger partial charge in [0.2, 0.25) is 0 Å². The first-order chi connectivity index (χ1) is 10.8. The van der Waals surface area contributed by atoms with Crippen molar-refractivity contribution in [1.82, 2.24) is 5.32 Å². The van der Waals surface area contributed by atoms with Crippen molar-refractivity contribution >= 4 is 17.5 Å². The average Bonchev–Trinajstić information content (AvgIpc) is 2.52. The van der Waals surface area contributed by atoms with Gasteiger partial charge in [-0.3, -0.25) is 4.79 Å². The molecular formula is C16H13ClF3NO2. The van der Waals surface area contributed by atoms with Crippen molar-refractivity contribution in [3.63, 3.8) is 0 Å². The van der Waals surface area contributed by atoms with Crippen LogP contribution in [-0.4, -0.2) is 17.6 Å². The summed E-state index contributed by atoms with van der Waals surface area (Å²) in [5.41, 5.74) is -0.264. The van der Waals surface area contributed by atoms with Crippen LogP contribution < -0.4 is 5.32 Å². The highest BCUT2D eigenvalue weighted by molar-refractivity contribution is 6.33. The van der Waals surface area contributed by atoms with Gasteiger partial charge in [-0.15, -0.1) is 0 Å². The molecule has 0 saturated carbocycles. The highest BCUT2D eigenvalue weighted by Crippen LogP contribution is 2.29. The van der Waals surface area contributed by atoms with Gasteiger partial charge in [0.25, 0.3) is 5.91 Å². The summed E-state index contributed by atoms with van der Waals surface area (Å²) < 4.78 is 37.4. The van der Waals surface area contributed by atoms with E-state index in [2.05, 4.69) is 5.32 Å². The van der Waals surface area contributed by atoms with Gasteiger partial charge in [-0.2, -0.15) is 13.2 Å². The number of hydrogen-bond acceptors (Lipinski definition) is 2. The molecule has 0 fully saturated rings. The highest BCUT2D eigenvalue weighted by atomic mass is 35.5. The molecule has 0 bridgehead atoms. The van der Waals surface area contributed by atoms with Gasteiger partial charge in [0.05, 0.1) is 22.3 Å². The van der Waals surface area contributed by atoms with Crippen molar-refractivity contribution < 1.29 is 23.1 Å². The minimum atomic E-state index is -4.43. The van der Waals surface area contributed by atoms with Gasteiger partial charge in [0, 0.05) is 6.54 Å². The largest absolute Gasteiger partial charge is 0.416 e. The van der Waals surface area contributed by atoms with E-state index in [4.69, 9.17) is 11.6 Å². The van der Waals surface area contributed by atoms with E-state index in [0.29, 0.717) is 0 Å². The van der Waals surface area contributed by atoms with Crippen molar-refractivity contribution in [2.45, 2.75) is 12.3 Å². The van der Waals surface area contributed by atoms with E-state index >= 15 is 0 Å². The summed E-state index contributed by atoms with van der Waals surface area (Å²) in [6.07, 6.45) is -5.55. The molecule has 1 amide bonds. The summed E-state index contributed by atoms with van der Waals surface area (Å²) in [7, 11) is 0. The number of aliphatic hydroxyl groups excluding tert-OH is 1. The fraction of sp³-hybridized carbons (Fsp3) is 0.188. The van der Waals surface area contributed by atoms with Crippen LogP contribution in [-0.2, 0) is 6.18 Å². The predicted octanol–water partition coefficient (Wildman–Crippen LogP) is 3.82. The van der Waals surface area contributed by atoms with Crippen LogP contribution in [0.2, 0.25) is 5.02 Å². The first-order valence-electron chi connectivity index (χ1n) is 6.67. The zero-order chi connectivity index (χ0) is 17.0. The topological polar surface area (TPSA) is 49.3 Å². The summed E-state index contributed by atoms with van der Waals surface area (Å²) in [4.78, 5) is 11.9. The number of halogens is 4. The lowest BCUT2D eigenvalue weighted by molar-refractivity contribution is -0.137. The number of nitrogens with one attached hydrogen (secondary N) is 1. The Morgan fingerprint density at radius 2 is 1.74 bits per heavy atom. The molecule has 3 nitrogen and oxygen atoms in total. The van der Waals surface area contributed by atoms with E-state index in [1.165, 1.54) is 18.2 Å². The van der Waals surface area contributed by atoms with E-state index in [0.717, 1.165) is 12.1 Å². The van der Waals surface area contributed by atoms with E-state index in [1.807, 2.05) is 0 Å². The number of hydrogen-bond donors (Lipinski definition) is 2. The standard InChI is InChI=1S/C16H13ClF3NO2/c17-13-4-2-1-3-12(13)15(23)21-9-14(22)10-5-7-11(8-6-10)16(18,19)20/h1-8,14,22H,9H2,(H,21,23)/t14-/m0/s1. The van der Waals surface area contributed by atoms with Crippen molar-refractivity contribution in [3.8, 4) is 0 Å². The third kappa shape index (κ3) is 4.46. The number of aliphatic hydroxyl groups is 1. The normalized spacial score (nSPS) is 12.7. The summed E-state index contributed by atoms with van der Waals surface area (Å²) in [5.74, 6) is -0.471. The maximum Gasteiger partial charge on any atom is 0.416 e.